The summed E-state index contributed by atoms with van der Waals surface area (Å²) in [6.45, 7) is 3.81. The van der Waals surface area contributed by atoms with Crippen LogP contribution in [0.3, 0.4) is 0 Å². The van der Waals surface area contributed by atoms with Gasteiger partial charge in [0.25, 0.3) is 0 Å². The standard InChI is InChI=1S/C27H30N2O6/c1-2-3-12-24(25(31)29-14-17(26(32)33)13-18(30)15-29)28-27(34)35-16-23-21-10-6-4-8-19(21)20-9-5-7-11-22(20)23/h2,4-11,17-18,23-24,30H,1,3,12-16H2,(H,28,34)(H,32,33). The summed E-state index contributed by atoms with van der Waals surface area (Å²) in [5.41, 5.74) is 4.41. The maximum absolute atomic E-state index is 13.2. The number of carbonyl (C=O) groups is 3. The van der Waals surface area contributed by atoms with Crippen LogP contribution in [0.4, 0.5) is 4.79 Å². The van der Waals surface area contributed by atoms with Crippen molar-refractivity contribution in [1.82, 2.24) is 10.2 Å². The number of amides is 2. The molecule has 1 aliphatic heterocycles. The number of carboxylic acid groups (broad SMARTS) is 1. The van der Waals surface area contributed by atoms with Gasteiger partial charge in [-0.25, -0.2) is 4.79 Å². The number of fused-ring (bicyclic) bond motifs is 3. The first kappa shape index (κ1) is 24.5. The Kier molecular flexibility index (Phi) is 7.51. The monoisotopic (exact) mass is 478 g/mol. The molecule has 2 amide bonds. The number of piperidine rings is 1. The summed E-state index contributed by atoms with van der Waals surface area (Å²) < 4.78 is 5.58. The highest BCUT2D eigenvalue weighted by atomic mass is 16.5. The van der Waals surface area contributed by atoms with Gasteiger partial charge in [-0.05, 0) is 41.5 Å². The summed E-state index contributed by atoms with van der Waals surface area (Å²) in [5, 5.41) is 22.1. The van der Waals surface area contributed by atoms with Crippen molar-refractivity contribution in [3.05, 3.63) is 72.3 Å². The van der Waals surface area contributed by atoms with Crippen molar-refractivity contribution in [2.24, 2.45) is 5.92 Å². The van der Waals surface area contributed by atoms with Crippen molar-refractivity contribution in [2.75, 3.05) is 19.7 Å². The van der Waals surface area contributed by atoms with Gasteiger partial charge in [-0.3, -0.25) is 9.59 Å². The minimum Gasteiger partial charge on any atom is -0.481 e. The predicted molar refractivity (Wildman–Crippen MR) is 130 cm³/mol. The molecule has 0 aromatic heterocycles. The number of ether oxygens (including phenoxy) is 1. The zero-order chi connectivity index (χ0) is 24.9. The van der Waals surface area contributed by atoms with Gasteiger partial charge >= 0.3 is 12.1 Å². The van der Waals surface area contributed by atoms with Gasteiger partial charge in [0.05, 0.1) is 12.0 Å². The van der Waals surface area contributed by atoms with Crippen molar-refractivity contribution in [2.45, 2.75) is 37.3 Å². The van der Waals surface area contributed by atoms with Gasteiger partial charge in [-0.2, -0.15) is 0 Å². The number of carboxylic acids is 1. The highest BCUT2D eigenvalue weighted by molar-refractivity contribution is 5.86. The molecule has 1 aliphatic carbocycles. The molecule has 8 nitrogen and oxygen atoms in total. The van der Waals surface area contributed by atoms with E-state index in [0.717, 1.165) is 22.3 Å². The third-order valence-electron chi connectivity index (χ3n) is 6.68. The highest BCUT2D eigenvalue weighted by Crippen LogP contribution is 2.44. The number of aliphatic hydroxyl groups excluding tert-OH is 1. The Bertz CT molecular complexity index is 1070. The van der Waals surface area contributed by atoms with Crippen molar-refractivity contribution in [1.29, 1.82) is 0 Å². The van der Waals surface area contributed by atoms with E-state index in [1.54, 1.807) is 6.08 Å². The number of nitrogens with zero attached hydrogens (tertiary/aromatic N) is 1. The Morgan fingerprint density at radius 2 is 1.71 bits per heavy atom. The van der Waals surface area contributed by atoms with Gasteiger partial charge in [0.2, 0.25) is 5.91 Å². The van der Waals surface area contributed by atoms with Crippen LogP contribution in [0, 0.1) is 5.92 Å². The molecule has 0 saturated carbocycles. The molecule has 1 fully saturated rings. The molecule has 184 valence electrons. The molecule has 2 aromatic rings. The SMILES string of the molecule is C=CCCC(NC(=O)OCC1c2ccccc2-c2ccccc21)C(=O)N1CC(O)CC(C(=O)O)C1. The second-order valence-corrected chi connectivity index (χ2v) is 9.06. The minimum atomic E-state index is -1.06. The van der Waals surface area contributed by atoms with Crippen molar-refractivity contribution >= 4 is 18.0 Å². The van der Waals surface area contributed by atoms with Gasteiger partial charge in [0.15, 0.2) is 0 Å². The lowest BCUT2D eigenvalue weighted by atomic mass is 9.95. The van der Waals surface area contributed by atoms with Gasteiger partial charge in [-0.1, -0.05) is 54.6 Å². The van der Waals surface area contributed by atoms with E-state index in [-0.39, 0.29) is 38.5 Å². The minimum absolute atomic E-state index is 0.0117. The molecule has 0 bridgehead atoms. The molecule has 0 spiro atoms. The Labute approximate surface area is 204 Å². The van der Waals surface area contributed by atoms with E-state index in [1.165, 1.54) is 4.90 Å². The third kappa shape index (κ3) is 5.38. The first-order valence-electron chi connectivity index (χ1n) is 11.8. The largest absolute Gasteiger partial charge is 0.481 e. The second-order valence-electron chi connectivity index (χ2n) is 9.06. The Balaban J connectivity index is 1.42. The summed E-state index contributed by atoms with van der Waals surface area (Å²) in [6.07, 6.45) is 0.849. The van der Waals surface area contributed by atoms with E-state index < -0.39 is 36.0 Å². The number of alkyl carbamates (subject to hydrolysis) is 1. The molecule has 3 unspecified atom stereocenters. The summed E-state index contributed by atoms with van der Waals surface area (Å²) in [4.78, 5) is 38.6. The van der Waals surface area contributed by atoms with Crippen LogP contribution >= 0.6 is 0 Å². The fraction of sp³-hybridized carbons (Fsp3) is 0.370. The molecule has 2 aromatic carbocycles. The summed E-state index contributed by atoms with van der Waals surface area (Å²) in [5.74, 6) is -2.46. The molecule has 0 radical (unpaired) electrons. The van der Waals surface area contributed by atoms with Crippen LogP contribution in [0.1, 0.15) is 36.3 Å². The molecule has 2 aliphatic rings. The summed E-state index contributed by atoms with van der Waals surface area (Å²) in [7, 11) is 0. The molecule has 4 rings (SSSR count). The van der Waals surface area contributed by atoms with Crippen LogP contribution in [-0.4, -0.2) is 64.9 Å². The van der Waals surface area contributed by atoms with Crippen LogP contribution in [0.5, 0.6) is 0 Å². The summed E-state index contributed by atoms with van der Waals surface area (Å²) in [6, 6.07) is 15.1. The zero-order valence-corrected chi connectivity index (χ0v) is 19.4. The van der Waals surface area contributed by atoms with E-state index in [0.29, 0.717) is 6.42 Å². The Hall–Kier alpha value is -3.65. The van der Waals surface area contributed by atoms with Gasteiger partial charge in [-0.15, -0.1) is 6.58 Å². The van der Waals surface area contributed by atoms with Crippen LogP contribution in [0.25, 0.3) is 11.1 Å². The number of rotatable bonds is 8. The Morgan fingerprint density at radius 3 is 2.31 bits per heavy atom. The first-order valence-corrected chi connectivity index (χ1v) is 11.8. The number of likely N-dealkylation sites (tertiary alicyclic amines) is 1. The van der Waals surface area contributed by atoms with Crippen molar-refractivity contribution in [3.63, 3.8) is 0 Å². The normalized spacial score (nSPS) is 19.9. The summed E-state index contributed by atoms with van der Waals surface area (Å²) >= 11 is 0. The number of hydrogen-bond acceptors (Lipinski definition) is 5. The first-order chi connectivity index (χ1) is 16.9. The van der Waals surface area contributed by atoms with Crippen molar-refractivity contribution < 1.29 is 29.3 Å². The predicted octanol–water partition coefficient (Wildman–Crippen LogP) is 3.15. The molecule has 1 saturated heterocycles. The lowest BCUT2D eigenvalue weighted by Gasteiger charge is -2.36. The molecule has 8 heteroatoms. The molecule has 3 atom stereocenters. The highest BCUT2D eigenvalue weighted by Gasteiger charge is 2.36. The van der Waals surface area contributed by atoms with E-state index in [4.69, 9.17) is 4.74 Å². The van der Waals surface area contributed by atoms with E-state index in [9.17, 15) is 24.6 Å². The van der Waals surface area contributed by atoms with E-state index >= 15 is 0 Å². The smallest absolute Gasteiger partial charge is 0.407 e. The average molecular weight is 479 g/mol. The fourth-order valence-electron chi connectivity index (χ4n) is 4.98. The maximum atomic E-state index is 13.2. The van der Waals surface area contributed by atoms with Crippen LogP contribution in [0.15, 0.2) is 61.2 Å². The van der Waals surface area contributed by atoms with Gasteiger partial charge < -0.3 is 25.2 Å². The second kappa shape index (κ2) is 10.7. The molecule has 3 N–H and O–H groups in total. The lowest BCUT2D eigenvalue weighted by molar-refractivity contribution is -0.149. The molecular weight excluding hydrogens is 448 g/mol. The third-order valence-corrected chi connectivity index (χ3v) is 6.68. The molecular formula is C27H30N2O6. The van der Waals surface area contributed by atoms with Crippen LogP contribution in [0.2, 0.25) is 0 Å². The Morgan fingerprint density at radius 1 is 1.09 bits per heavy atom. The van der Waals surface area contributed by atoms with E-state index in [1.807, 2.05) is 36.4 Å². The number of carbonyl (C=O) groups excluding carboxylic acids is 2. The van der Waals surface area contributed by atoms with E-state index in [2.05, 4.69) is 24.0 Å². The van der Waals surface area contributed by atoms with Gasteiger partial charge in [0.1, 0.15) is 12.6 Å². The number of benzene rings is 2. The molecule has 35 heavy (non-hydrogen) atoms. The lowest BCUT2D eigenvalue weighted by Crippen LogP contribution is -2.55. The number of aliphatic carboxylic acids is 1. The number of hydrogen-bond donors (Lipinski definition) is 3. The van der Waals surface area contributed by atoms with Crippen LogP contribution < -0.4 is 5.32 Å². The average Bonchev–Trinajstić information content (AvgIpc) is 3.18. The zero-order valence-electron chi connectivity index (χ0n) is 19.4. The molecule has 1 heterocycles. The quantitative estimate of drug-likeness (QED) is 0.502. The maximum Gasteiger partial charge on any atom is 0.407 e. The number of nitrogens with one attached hydrogen (secondary N) is 1. The number of aliphatic hydroxyl groups is 1. The van der Waals surface area contributed by atoms with Gasteiger partial charge in [0, 0.05) is 19.0 Å². The van der Waals surface area contributed by atoms with Crippen molar-refractivity contribution in [3.8, 4) is 11.1 Å². The number of β-amino-alcohol motifs (C(OH)–C–C–N with tert-alkyl or cyclic N) is 1. The van der Waals surface area contributed by atoms with Crippen LogP contribution in [-0.2, 0) is 14.3 Å². The number of allylic oxidation sites excluding steroid dienone is 1. The topological polar surface area (TPSA) is 116 Å². The fourth-order valence-corrected chi connectivity index (χ4v) is 4.98.